The molecule has 0 radical (unpaired) electrons. The first kappa shape index (κ1) is 32.6. The number of carbonyl (C=O) groups is 3. The zero-order chi connectivity index (χ0) is 35.8. The third-order valence-electron chi connectivity index (χ3n) is 10.1. The van der Waals surface area contributed by atoms with Crippen molar-refractivity contribution in [3.05, 3.63) is 170 Å². The van der Waals surface area contributed by atoms with Gasteiger partial charge in [-0.15, -0.1) is 0 Å². The lowest BCUT2D eigenvalue weighted by atomic mass is 9.76. The molecule has 3 heterocycles. The average Bonchev–Trinajstić information content (AvgIpc) is 3.17. The Morgan fingerprint density at radius 2 is 1.35 bits per heavy atom. The molecule has 258 valence electrons. The summed E-state index contributed by atoms with van der Waals surface area (Å²) >= 11 is 0. The zero-order valence-corrected chi connectivity index (χ0v) is 28.1. The number of non-ortho nitro benzene ring substituents is 1. The highest BCUT2D eigenvalue weighted by molar-refractivity contribution is 6.39. The fourth-order valence-corrected chi connectivity index (χ4v) is 7.62. The molecule has 1 saturated heterocycles. The predicted molar refractivity (Wildman–Crippen MR) is 197 cm³/mol. The van der Waals surface area contributed by atoms with Gasteiger partial charge in [-0.3, -0.25) is 25.0 Å². The summed E-state index contributed by atoms with van der Waals surface area (Å²) in [5, 5.41) is 13.5. The number of hydrogen-bond acceptors (Lipinski definition) is 7. The van der Waals surface area contributed by atoms with Crippen LogP contribution in [0.2, 0.25) is 0 Å². The van der Waals surface area contributed by atoms with Crippen LogP contribution in [-0.4, -0.2) is 35.9 Å². The number of nitrogens with zero attached hydrogens (tertiary/aromatic N) is 3. The topological polar surface area (TPSA) is 122 Å². The van der Waals surface area contributed by atoms with E-state index >= 15 is 0 Å². The van der Waals surface area contributed by atoms with Crippen LogP contribution in [0.1, 0.15) is 58.1 Å². The Balaban J connectivity index is 1.18. The number of nitro groups is 1. The van der Waals surface area contributed by atoms with E-state index in [1.165, 1.54) is 29.3 Å². The number of benzene rings is 5. The van der Waals surface area contributed by atoms with Crippen LogP contribution in [0.3, 0.4) is 0 Å². The van der Waals surface area contributed by atoms with Crippen molar-refractivity contribution in [1.82, 2.24) is 5.32 Å². The minimum absolute atomic E-state index is 0.0264. The molecule has 10 heteroatoms. The molecule has 1 fully saturated rings. The van der Waals surface area contributed by atoms with Crippen LogP contribution < -0.4 is 19.9 Å². The van der Waals surface area contributed by atoms with Gasteiger partial charge < -0.3 is 9.64 Å². The summed E-state index contributed by atoms with van der Waals surface area (Å²) in [7, 11) is 0. The van der Waals surface area contributed by atoms with Crippen molar-refractivity contribution >= 4 is 41.0 Å². The van der Waals surface area contributed by atoms with E-state index in [2.05, 4.69) is 34.5 Å². The van der Waals surface area contributed by atoms with Gasteiger partial charge in [0.05, 0.1) is 10.6 Å². The molecule has 2 atom stereocenters. The van der Waals surface area contributed by atoms with Crippen molar-refractivity contribution in [3.8, 4) is 5.75 Å². The summed E-state index contributed by atoms with van der Waals surface area (Å²) in [6.45, 7) is 1.90. The van der Waals surface area contributed by atoms with Crippen molar-refractivity contribution in [3.63, 3.8) is 0 Å². The highest BCUT2D eigenvalue weighted by Gasteiger charge is 2.40. The monoisotopic (exact) mass is 690 g/mol. The van der Waals surface area contributed by atoms with Gasteiger partial charge in [0.25, 0.3) is 17.5 Å². The maximum Gasteiger partial charge on any atom is 0.335 e. The molecule has 3 aliphatic heterocycles. The largest absolute Gasteiger partial charge is 0.488 e. The van der Waals surface area contributed by atoms with Crippen molar-refractivity contribution < 1.29 is 24.0 Å². The summed E-state index contributed by atoms with van der Waals surface area (Å²) in [5.41, 5.74) is 6.92. The third kappa shape index (κ3) is 6.08. The number of imide groups is 2. The van der Waals surface area contributed by atoms with Gasteiger partial charge in [-0.25, -0.2) is 9.69 Å². The quantitative estimate of drug-likeness (QED) is 0.0766. The van der Waals surface area contributed by atoms with Crippen molar-refractivity contribution in [1.29, 1.82) is 0 Å². The number of carbonyl (C=O) groups excluding carboxylic acids is 3. The van der Waals surface area contributed by atoms with Crippen LogP contribution in [0.15, 0.2) is 127 Å². The van der Waals surface area contributed by atoms with E-state index in [1.807, 2.05) is 48.5 Å². The fourth-order valence-electron chi connectivity index (χ4n) is 7.62. The second-order valence-corrected chi connectivity index (χ2v) is 13.2. The number of barbiturate groups is 1. The Morgan fingerprint density at radius 1 is 0.769 bits per heavy atom. The molecular formula is C42H34N4O6. The fraction of sp³-hybridized carbons (Fsp3) is 0.167. The van der Waals surface area contributed by atoms with Crippen LogP contribution in [0.4, 0.5) is 21.9 Å². The van der Waals surface area contributed by atoms with Gasteiger partial charge in [0.1, 0.15) is 17.9 Å². The van der Waals surface area contributed by atoms with Gasteiger partial charge >= 0.3 is 6.03 Å². The average molecular weight is 691 g/mol. The number of rotatable bonds is 8. The summed E-state index contributed by atoms with van der Waals surface area (Å²) in [4.78, 5) is 55.4. The molecule has 8 rings (SSSR count). The summed E-state index contributed by atoms with van der Waals surface area (Å²) < 4.78 is 6.04. The standard InChI is InChI=1S/C42H34N4O6/c47-40-37(23-30-13-7-8-14-38(30)52-26-27-15-17-31(18-16-27)46(50)51)41(48)45(42(49)43-40)32-24-35-33(28-9-3-1-4-10-28)19-21-44-22-20-34(36(25-32)39(35)44)29-11-5-2-6-12-29/h1-18,23-25,33-34H,19-22,26H2,(H,43,47,49)/b37-23+/t33-,34-/m1/s1. The van der Waals surface area contributed by atoms with Crippen LogP contribution in [0, 0.1) is 10.1 Å². The minimum atomic E-state index is -0.807. The third-order valence-corrected chi connectivity index (χ3v) is 10.1. The van der Waals surface area contributed by atoms with Crippen LogP contribution in [0.5, 0.6) is 5.75 Å². The second kappa shape index (κ2) is 13.6. The van der Waals surface area contributed by atoms with Gasteiger partial charge in [-0.1, -0.05) is 78.9 Å². The molecule has 0 spiro atoms. The van der Waals surface area contributed by atoms with Crippen LogP contribution in [-0.2, 0) is 16.2 Å². The molecule has 4 amide bonds. The molecule has 5 aromatic rings. The number of anilines is 2. The smallest absolute Gasteiger partial charge is 0.335 e. The summed E-state index contributed by atoms with van der Waals surface area (Å²) in [6, 6.07) is 36.6. The highest BCUT2D eigenvalue weighted by atomic mass is 16.6. The van der Waals surface area contributed by atoms with Gasteiger partial charge in [0.2, 0.25) is 0 Å². The van der Waals surface area contributed by atoms with E-state index in [4.69, 9.17) is 4.74 Å². The lowest BCUT2D eigenvalue weighted by molar-refractivity contribution is -0.384. The number of urea groups is 1. The Bertz CT molecular complexity index is 2160. The summed E-state index contributed by atoms with van der Waals surface area (Å²) in [5.74, 6) is -1.03. The number of amides is 4. The minimum Gasteiger partial charge on any atom is -0.488 e. The first-order valence-electron chi connectivity index (χ1n) is 17.2. The highest BCUT2D eigenvalue weighted by Crippen LogP contribution is 2.50. The van der Waals surface area contributed by atoms with Gasteiger partial charge in [0, 0.05) is 48.3 Å². The molecule has 3 aliphatic rings. The molecule has 0 aromatic heterocycles. The van der Waals surface area contributed by atoms with E-state index in [-0.39, 0.29) is 29.7 Å². The number of ether oxygens (including phenoxy) is 1. The Morgan fingerprint density at radius 3 is 1.94 bits per heavy atom. The SMILES string of the molecule is O=C1NC(=O)N(c2cc3c4c(c2)[C@@H](c2ccccc2)CCN4CC[C@@H]3c2ccccc2)C(=O)/C1=C/c1ccccc1OCc1ccc([N+](=O)[O-])cc1. The molecular weight excluding hydrogens is 656 g/mol. The molecule has 0 bridgehead atoms. The van der Waals surface area contributed by atoms with Gasteiger partial charge in [-0.2, -0.15) is 0 Å². The maximum atomic E-state index is 14.3. The number of para-hydroxylation sites is 1. The molecule has 10 nitrogen and oxygen atoms in total. The van der Waals surface area contributed by atoms with Crippen molar-refractivity contribution in [2.24, 2.45) is 0 Å². The molecule has 0 aliphatic carbocycles. The van der Waals surface area contributed by atoms with Crippen molar-refractivity contribution in [2.45, 2.75) is 31.3 Å². The van der Waals surface area contributed by atoms with E-state index in [0.29, 0.717) is 22.6 Å². The maximum absolute atomic E-state index is 14.3. The normalized spacial score (nSPS) is 18.9. The Hall–Kier alpha value is -6.55. The number of nitrogens with one attached hydrogen (secondary N) is 1. The van der Waals surface area contributed by atoms with E-state index < -0.39 is 22.8 Å². The van der Waals surface area contributed by atoms with Crippen LogP contribution in [0.25, 0.3) is 6.08 Å². The molecule has 0 unspecified atom stereocenters. The molecule has 0 saturated carbocycles. The van der Waals surface area contributed by atoms with Crippen molar-refractivity contribution in [2.75, 3.05) is 22.9 Å². The van der Waals surface area contributed by atoms with E-state index in [1.54, 1.807) is 36.4 Å². The number of hydrogen-bond donors (Lipinski definition) is 1. The summed E-state index contributed by atoms with van der Waals surface area (Å²) in [6.07, 6.45) is 3.21. The second-order valence-electron chi connectivity index (χ2n) is 13.2. The lowest BCUT2D eigenvalue weighted by Gasteiger charge is -2.44. The molecule has 5 aromatic carbocycles. The Labute approximate surface area is 300 Å². The molecule has 52 heavy (non-hydrogen) atoms. The lowest BCUT2D eigenvalue weighted by Crippen LogP contribution is -2.54. The predicted octanol–water partition coefficient (Wildman–Crippen LogP) is 7.72. The van der Waals surface area contributed by atoms with Crippen LogP contribution >= 0.6 is 0 Å². The van der Waals surface area contributed by atoms with E-state index in [0.717, 1.165) is 47.6 Å². The Kier molecular flexibility index (Phi) is 8.56. The van der Waals surface area contributed by atoms with Gasteiger partial charge in [-0.05, 0) is 77.1 Å². The van der Waals surface area contributed by atoms with E-state index in [9.17, 15) is 24.5 Å². The molecule has 1 N–H and O–H groups in total. The van der Waals surface area contributed by atoms with Gasteiger partial charge in [0.15, 0.2) is 0 Å². The first-order chi connectivity index (χ1) is 25.4. The zero-order valence-electron chi connectivity index (χ0n) is 28.1. The first-order valence-corrected chi connectivity index (χ1v) is 17.2. The number of nitro benzene ring substituents is 1.